The van der Waals surface area contributed by atoms with Gasteiger partial charge in [-0.15, -0.1) is 0 Å². The number of nitrogens with zero attached hydrogens (tertiary/aromatic N) is 1. The molecule has 0 amide bonds. The smallest absolute Gasteiger partial charge is 0.307 e. The Morgan fingerprint density at radius 3 is 2.53 bits per heavy atom. The molecule has 0 aromatic heterocycles. The maximum Gasteiger partial charge on any atom is 0.307 e. The van der Waals surface area contributed by atoms with Crippen molar-refractivity contribution in [1.29, 1.82) is 0 Å². The monoisotopic (exact) mass is 349 g/mol. The van der Waals surface area contributed by atoms with E-state index in [-0.39, 0.29) is 11.4 Å². The third kappa shape index (κ3) is 3.77. The summed E-state index contributed by atoms with van der Waals surface area (Å²) in [6, 6.07) is 4.71. The minimum Gasteiger partial charge on any atom is -0.481 e. The van der Waals surface area contributed by atoms with Gasteiger partial charge in [0.05, 0.1) is 10.8 Å². The predicted octanol–water partition coefficient (Wildman–Crippen LogP) is 2.10. The second-order valence-corrected chi connectivity index (χ2v) is 7.34. The van der Waals surface area contributed by atoms with Crippen LogP contribution in [0.3, 0.4) is 0 Å². The lowest BCUT2D eigenvalue weighted by molar-refractivity contribution is -0.141. The van der Waals surface area contributed by atoms with E-state index in [2.05, 4.69) is 15.9 Å². The number of aliphatic carboxylic acids is 1. The second kappa shape index (κ2) is 6.02. The molecule has 0 saturated heterocycles. The molecule has 0 fully saturated rings. The van der Waals surface area contributed by atoms with Crippen molar-refractivity contribution in [2.45, 2.75) is 18.7 Å². The quantitative estimate of drug-likeness (QED) is 0.883. The molecule has 0 saturated carbocycles. The van der Waals surface area contributed by atoms with Crippen molar-refractivity contribution in [3.63, 3.8) is 0 Å². The summed E-state index contributed by atoms with van der Waals surface area (Å²) < 4.78 is 26.4. The van der Waals surface area contributed by atoms with Gasteiger partial charge in [-0.2, -0.15) is 0 Å². The third-order valence-corrected chi connectivity index (χ3v) is 5.50. The van der Waals surface area contributed by atoms with Crippen LogP contribution in [0.4, 0.5) is 0 Å². The molecule has 0 aliphatic heterocycles. The first kappa shape index (κ1) is 16.1. The van der Waals surface area contributed by atoms with Gasteiger partial charge < -0.3 is 5.11 Å². The van der Waals surface area contributed by atoms with Crippen molar-refractivity contribution in [1.82, 2.24) is 4.31 Å². The molecule has 1 aromatic carbocycles. The number of benzene rings is 1. The summed E-state index contributed by atoms with van der Waals surface area (Å²) in [4.78, 5) is 10.9. The number of aryl methyl sites for hydroxylation is 1. The van der Waals surface area contributed by atoms with Gasteiger partial charge in [-0.25, -0.2) is 12.7 Å². The molecule has 106 valence electrons. The number of hydrogen-bond acceptors (Lipinski definition) is 3. The SMILES string of the molecule is Cc1cc(S(=O)(=O)N(C)CC(C)C(=O)O)ccc1Br. The normalized spacial score (nSPS) is 13.5. The van der Waals surface area contributed by atoms with Gasteiger partial charge in [0.25, 0.3) is 0 Å². The Morgan fingerprint density at radius 1 is 1.47 bits per heavy atom. The first-order valence-electron chi connectivity index (χ1n) is 5.61. The predicted molar refractivity (Wildman–Crippen MR) is 75.5 cm³/mol. The zero-order valence-corrected chi connectivity index (χ0v) is 13.3. The highest BCUT2D eigenvalue weighted by Crippen LogP contribution is 2.22. The van der Waals surface area contributed by atoms with E-state index in [1.54, 1.807) is 19.1 Å². The molecular weight excluding hydrogens is 334 g/mol. The lowest BCUT2D eigenvalue weighted by Gasteiger charge is -2.19. The van der Waals surface area contributed by atoms with E-state index >= 15 is 0 Å². The summed E-state index contributed by atoms with van der Waals surface area (Å²) in [5, 5.41) is 8.82. The first-order valence-corrected chi connectivity index (χ1v) is 7.85. The number of carboxylic acid groups (broad SMARTS) is 1. The molecule has 1 N–H and O–H groups in total. The molecule has 19 heavy (non-hydrogen) atoms. The van der Waals surface area contributed by atoms with E-state index in [1.165, 1.54) is 20.0 Å². The van der Waals surface area contributed by atoms with Crippen molar-refractivity contribution >= 4 is 31.9 Å². The number of carboxylic acids is 1. The number of hydrogen-bond donors (Lipinski definition) is 1. The minimum absolute atomic E-state index is 0.0627. The number of halogens is 1. The topological polar surface area (TPSA) is 74.7 Å². The van der Waals surface area contributed by atoms with Gasteiger partial charge in [-0.05, 0) is 30.7 Å². The highest BCUT2D eigenvalue weighted by atomic mass is 79.9. The van der Waals surface area contributed by atoms with Gasteiger partial charge in [0.15, 0.2) is 0 Å². The number of carbonyl (C=O) groups is 1. The minimum atomic E-state index is -3.66. The maximum absolute atomic E-state index is 12.3. The molecule has 0 aliphatic rings. The van der Waals surface area contributed by atoms with E-state index in [1.807, 2.05) is 0 Å². The number of sulfonamides is 1. The van der Waals surface area contributed by atoms with Crippen LogP contribution >= 0.6 is 15.9 Å². The zero-order valence-electron chi connectivity index (χ0n) is 10.9. The fraction of sp³-hybridized carbons (Fsp3) is 0.417. The van der Waals surface area contributed by atoms with Crippen molar-refractivity contribution in [2.24, 2.45) is 5.92 Å². The van der Waals surface area contributed by atoms with E-state index in [0.29, 0.717) is 0 Å². The molecule has 1 aromatic rings. The Morgan fingerprint density at radius 2 is 2.05 bits per heavy atom. The molecule has 0 aliphatic carbocycles. The molecule has 1 atom stereocenters. The molecule has 7 heteroatoms. The van der Waals surface area contributed by atoms with Crippen LogP contribution in [0, 0.1) is 12.8 Å². The van der Waals surface area contributed by atoms with Crippen molar-refractivity contribution in [2.75, 3.05) is 13.6 Å². The van der Waals surface area contributed by atoms with Crippen LogP contribution in [0.25, 0.3) is 0 Å². The van der Waals surface area contributed by atoms with Crippen molar-refractivity contribution < 1.29 is 18.3 Å². The van der Waals surface area contributed by atoms with Crippen LogP contribution in [0.2, 0.25) is 0 Å². The van der Waals surface area contributed by atoms with E-state index < -0.39 is 21.9 Å². The van der Waals surface area contributed by atoms with Gasteiger partial charge in [-0.3, -0.25) is 4.79 Å². The summed E-state index contributed by atoms with van der Waals surface area (Å²) >= 11 is 3.31. The molecule has 0 heterocycles. The van der Waals surface area contributed by atoms with Crippen LogP contribution in [0.1, 0.15) is 12.5 Å². The molecular formula is C12H16BrNO4S. The molecule has 1 rings (SSSR count). The third-order valence-electron chi connectivity index (χ3n) is 2.79. The Balaban J connectivity index is 3.03. The Kier molecular flexibility index (Phi) is 5.11. The first-order chi connectivity index (χ1) is 8.66. The second-order valence-electron chi connectivity index (χ2n) is 4.44. The Labute approximate surface area is 121 Å². The van der Waals surface area contributed by atoms with Gasteiger partial charge in [0.1, 0.15) is 0 Å². The van der Waals surface area contributed by atoms with Crippen LogP contribution in [-0.4, -0.2) is 37.4 Å². The van der Waals surface area contributed by atoms with Crippen molar-refractivity contribution in [3.05, 3.63) is 28.2 Å². The Bertz CT molecular complexity index is 585. The fourth-order valence-electron chi connectivity index (χ4n) is 1.52. The average molecular weight is 350 g/mol. The fourth-order valence-corrected chi connectivity index (χ4v) is 3.11. The molecule has 0 bridgehead atoms. The van der Waals surface area contributed by atoms with Gasteiger partial charge in [0.2, 0.25) is 10.0 Å². The number of rotatable bonds is 5. The van der Waals surface area contributed by atoms with Crippen LogP contribution in [0.5, 0.6) is 0 Å². The van der Waals surface area contributed by atoms with E-state index in [4.69, 9.17) is 5.11 Å². The summed E-state index contributed by atoms with van der Waals surface area (Å²) in [6.07, 6.45) is 0. The Hall–Kier alpha value is -0.920. The molecule has 1 unspecified atom stereocenters. The van der Waals surface area contributed by atoms with Gasteiger partial charge in [-0.1, -0.05) is 22.9 Å². The summed E-state index contributed by atoms with van der Waals surface area (Å²) in [7, 11) is -2.28. The van der Waals surface area contributed by atoms with Gasteiger partial charge >= 0.3 is 5.97 Å². The van der Waals surface area contributed by atoms with E-state index in [0.717, 1.165) is 14.3 Å². The highest BCUT2D eigenvalue weighted by Gasteiger charge is 2.25. The summed E-state index contributed by atoms with van der Waals surface area (Å²) in [5.41, 5.74) is 0.806. The maximum atomic E-state index is 12.3. The average Bonchev–Trinajstić information content (AvgIpc) is 2.32. The molecule has 5 nitrogen and oxygen atoms in total. The standard InChI is InChI=1S/C12H16BrNO4S/c1-8-6-10(4-5-11(8)13)19(17,18)14(3)7-9(2)12(15)16/h4-6,9H,7H2,1-3H3,(H,15,16). The van der Waals surface area contributed by atoms with E-state index in [9.17, 15) is 13.2 Å². The lowest BCUT2D eigenvalue weighted by Crippen LogP contribution is -2.33. The summed E-state index contributed by atoms with van der Waals surface area (Å²) in [5.74, 6) is -1.77. The van der Waals surface area contributed by atoms with Crippen LogP contribution in [0.15, 0.2) is 27.6 Å². The largest absolute Gasteiger partial charge is 0.481 e. The summed E-state index contributed by atoms with van der Waals surface area (Å²) in [6.45, 7) is 3.21. The van der Waals surface area contributed by atoms with Crippen LogP contribution in [-0.2, 0) is 14.8 Å². The highest BCUT2D eigenvalue weighted by molar-refractivity contribution is 9.10. The van der Waals surface area contributed by atoms with Gasteiger partial charge in [0, 0.05) is 18.1 Å². The van der Waals surface area contributed by atoms with Crippen LogP contribution < -0.4 is 0 Å². The lowest BCUT2D eigenvalue weighted by atomic mass is 10.2. The molecule has 0 spiro atoms. The zero-order chi connectivity index (χ0) is 14.8. The van der Waals surface area contributed by atoms with Crippen molar-refractivity contribution in [3.8, 4) is 0 Å². The molecule has 0 radical (unpaired) electrons.